The van der Waals surface area contributed by atoms with E-state index in [9.17, 15) is 29.4 Å². The molecule has 4 N–H and O–H groups in total. The van der Waals surface area contributed by atoms with Crippen molar-refractivity contribution in [1.29, 1.82) is 0 Å². The Morgan fingerprint density at radius 1 is 0.591 bits per heavy atom. The number of aromatic carboxylic acids is 4. The number of carboxylic acids is 4. The molecule has 22 heavy (non-hydrogen) atoms. The van der Waals surface area contributed by atoms with Crippen LogP contribution in [-0.2, 0) is 0 Å². The van der Waals surface area contributed by atoms with Gasteiger partial charge in [-0.2, -0.15) is 0 Å². The Bertz CT molecular complexity index is 788. The number of benzene rings is 2. The first-order valence-electron chi connectivity index (χ1n) is 5.78. The molecule has 0 aliphatic heterocycles. The number of fused-ring (bicyclic) bond motifs is 1. The van der Waals surface area contributed by atoms with Crippen molar-refractivity contribution < 1.29 is 42.5 Å². The zero-order chi connectivity index (χ0) is 16.6. The Morgan fingerprint density at radius 3 is 1.14 bits per heavy atom. The van der Waals surface area contributed by atoms with Gasteiger partial charge in [0.15, 0.2) is 0 Å². The predicted molar refractivity (Wildman–Crippen MR) is 76.0 cm³/mol. The molecule has 0 unspecified atom stereocenters. The van der Waals surface area contributed by atoms with Gasteiger partial charge in [0.2, 0.25) is 0 Å². The summed E-state index contributed by atoms with van der Waals surface area (Å²) in [4.78, 5) is 44.8. The minimum Gasteiger partial charge on any atom is -0.478 e. The predicted octanol–water partition coefficient (Wildman–Crippen LogP) is 2.12. The standard InChI is InChI=1S/C14H8O8.2H2/c15-11(16)7-3-1-5-6(10(7)14(21)22)2-4-8(12(17)18)9(5)13(19)20;;/h1-4H,(H,15,16)(H,17,18)(H,19,20)(H,21,22);2*1H. The van der Waals surface area contributed by atoms with Crippen molar-refractivity contribution in [2.24, 2.45) is 0 Å². The molecule has 0 amide bonds. The van der Waals surface area contributed by atoms with Gasteiger partial charge in [0.25, 0.3) is 0 Å². The Hall–Kier alpha value is -3.42. The molecule has 0 bridgehead atoms. The zero-order valence-corrected chi connectivity index (χ0v) is 10.7. The maximum absolute atomic E-state index is 11.3. The van der Waals surface area contributed by atoms with E-state index in [0.717, 1.165) is 24.3 Å². The summed E-state index contributed by atoms with van der Waals surface area (Å²) in [5.74, 6) is -6.08. The summed E-state index contributed by atoms with van der Waals surface area (Å²) in [6.07, 6.45) is 0. The smallest absolute Gasteiger partial charge is 0.337 e. The summed E-state index contributed by atoms with van der Waals surface area (Å²) in [7, 11) is 0. The SMILES string of the molecule is O=C(O)c1ccc2c(C(=O)O)c(C(=O)O)ccc2c1C(=O)O.[HH].[HH]. The molecule has 2 aromatic rings. The summed E-state index contributed by atoms with van der Waals surface area (Å²) >= 11 is 0. The lowest BCUT2D eigenvalue weighted by molar-refractivity contribution is 0.0651. The van der Waals surface area contributed by atoms with Gasteiger partial charge in [-0.05, 0) is 22.9 Å². The van der Waals surface area contributed by atoms with Gasteiger partial charge in [0.05, 0.1) is 22.3 Å². The van der Waals surface area contributed by atoms with E-state index in [1.807, 2.05) is 0 Å². The molecule has 0 saturated carbocycles. The Labute approximate surface area is 124 Å². The molecule has 8 heteroatoms. The van der Waals surface area contributed by atoms with Crippen molar-refractivity contribution in [3.05, 3.63) is 46.5 Å². The minimum absolute atomic E-state index is 0. The van der Waals surface area contributed by atoms with Crippen LogP contribution >= 0.6 is 0 Å². The minimum atomic E-state index is -1.55. The molecular weight excluding hydrogens is 296 g/mol. The number of hydrogen-bond donors (Lipinski definition) is 4. The Morgan fingerprint density at radius 2 is 0.909 bits per heavy atom. The van der Waals surface area contributed by atoms with Crippen LogP contribution in [0.2, 0.25) is 0 Å². The van der Waals surface area contributed by atoms with Gasteiger partial charge in [0, 0.05) is 2.85 Å². The van der Waals surface area contributed by atoms with Gasteiger partial charge in [-0.3, -0.25) is 0 Å². The number of hydrogen-bond acceptors (Lipinski definition) is 4. The van der Waals surface area contributed by atoms with E-state index >= 15 is 0 Å². The molecule has 0 aliphatic carbocycles. The third kappa shape index (κ3) is 2.22. The second-order valence-corrected chi connectivity index (χ2v) is 4.29. The van der Waals surface area contributed by atoms with Gasteiger partial charge >= 0.3 is 23.9 Å². The van der Waals surface area contributed by atoms with Crippen LogP contribution in [0.25, 0.3) is 10.8 Å². The molecule has 0 heterocycles. The highest BCUT2D eigenvalue weighted by Gasteiger charge is 2.25. The fraction of sp³-hybridized carbons (Fsp3) is 0. The second kappa shape index (κ2) is 5.17. The van der Waals surface area contributed by atoms with E-state index < -0.39 is 46.1 Å². The molecular formula is C14H12O8. The fourth-order valence-electron chi connectivity index (χ4n) is 2.22. The average molecular weight is 308 g/mol. The molecule has 0 spiro atoms. The maximum atomic E-state index is 11.3. The first kappa shape index (κ1) is 15.0. The zero-order valence-electron chi connectivity index (χ0n) is 10.7. The molecule has 8 nitrogen and oxygen atoms in total. The summed E-state index contributed by atoms with van der Waals surface area (Å²) in [6, 6.07) is 4.04. The van der Waals surface area contributed by atoms with E-state index in [2.05, 4.69) is 0 Å². The number of carboxylic acid groups (broad SMARTS) is 4. The van der Waals surface area contributed by atoms with E-state index in [-0.39, 0.29) is 13.6 Å². The molecule has 2 aromatic carbocycles. The van der Waals surface area contributed by atoms with E-state index in [4.69, 9.17) is 10.2 Å². The second-order valence-electron chi connectivity index (χ2n) is 4.29. The fourth-order valence-corrected chi connectivity index (χ4v) is 2.22. The van der Waals surface area contributed by atoms with Gasteiger partial charge in [-0.15, -0.1) is 0 Å². The quantitative estimate of drug-likeness (QED) is 0.670. The van der Waals surface area contributed by atoms with Gasteiger partial charge in [-0.1, -0.05) is 12.1 Å². The summed E-state index contributed by atoms with van der Waals surface area (Å²) in [6.45, 7) is 0. The molecule has 0 aromatic heterocycles. The Kier molecular flexibility index (Phi) is 3.52. The highest BCUT2D eigenvalue weighted by Crippen LogP contribution is 2.28. The van der Waals surface area contributed by atoms with Crippen molar-refractivity contribution in [2.75, 3.05) is 0 Å². The first-order chi connectivity index (χ1) is 10.3. The normalized spacial score (nSPS) is 10.4. The van der Waals surface area contributed by atoms with Crippen LogP contribution in [0.1, 0.15) is 44.3 Å². The van der Waals surface area contributed by atoms with Crippen molar-refractivity contribution in [2.45, 2.75) is 0 Å². The maximum Gasteiger partial charge on any atom is 0.337 e. The highest BCUT2D eigenvalue weighted by molar-refractivity contribution is 6.18. The third-order valence-electron chi connectivity index (χ3n) is 3.09. The lowest BCUT2D eigenvalue weighted by Gasteiger charge is -2.10. The number of rotatable bonds is 4. The van der Waals surface area contributed by atoms with Crippen molar-refractivity contribution >= 4 is 34.6 Å². The van der Waals surface area contributed by atoms with Crippen LogP contribution < -0.4 is 0 Å². The van der Waals surface area contributed by atoms with Crippen molar-refractivity contribution in [3.63, 3.8) is 0 Å². The largest absolute Gasteiger partial charge is 0.478 e. The molecule has 0 radical (unpaired) electrons. The lowest BCUT2D eigenvalue weighted by atomic mass is 9.93. The van der Waals surface area contributed by atoms with E-state index in [0.29, 0.717) is 0 Å². The molecule has 2 rings (SSSR count). The first-order valence-corrected chi connectivity index (χ1v) is 5.78. The van der Waals surface area contributed by atoms with Crippen LogP contribution in [0.3, 0.4) is 0 Å². The van der Waals surface area contributed by atoms with Crippen molar-refractivity contribution in [1.82, 2.24) is 0 Å². The van der Waals surface area contributed by atoms with Crippen LogP contribution in [0.4, 0.5) is 0 Å². The van der Waals surface area contributed by atoms with Crippen molar-refractivity contribution in [3.8, 4) is 0 Å². The van der Waals surface area contributed by atoms with Crippen LogP contribution in [0, 0.1) is 0 Å². The van der Waals surface area contributed by atoms with E-state index in [1.54, 1.807) is 0 Å². The lowest BCUT2D eigenvalue weighted by Crippen LogP contribution is -2.12. The third-order valence-corrected chi connectivity index (χ3v) is 3.09. The van der Waals surface area contributed by atoms with Crippen LogP contribution in [0.5, 0.6) is 0 Å². The van der Waals surface area contributed by atoms with Gasteiger partial charge < -0.3 is 20.4 Å². The molecule has 116 valence electrons. The highest BCUT2D eigenvalue weighted by atomic mass is 16.4. The van der Waals surface area contributed by atoms with Gasteiger partial charge in [0.1, 0.15) is 0 Å². The van der Waals surface area contributed by atoms with Crippen LogP contribution in [-0.4, -0.2) is 44.3 Å². The molecule has 0 saturated heterocycles. The monoisotopic (exact) mass is 308 g/mol. The molecule has 0 fully saturated rings. The summed E-state index contributed by atoms with van der Waals surface area (Å²) in [5.41, 5.74) is -2.22. The Balaban J connectivity index is 0.00000264. The van der Waals surface area contributed by atoms with Gasteiger partial charge in [-0.25, -0.2) is 19.2 Å². The average Bonchev–Trinajstić information content (AvgIpc) is 2.43. The molecule has 0 atom stereocenters. The molecule has 0 aliphatic rings. The number of carbonyl (C=O) groups is 4. The van der Waals surface area contributed by atoms with E-state index in [1.165, 1.54) is 0 Å². The topological polar surface area (TPSA) is 149 Å². The van der Waals surface area contributed by atoms with Crippen LogP contribution in [0.15, 0.2) is 24.3 Å². The summed E-state index contributed by atoms with van der Waals surface area (Å²) in [5, 5.41) is 36.1. The summed E-state index contributed by atoms with van der Waals surface area (Å²) < 4.78 is 0.